The molecular formula is C28H40N10O8. The molecule has 0 saturated heterocycles. The van der Waals surface area contributed by atoms with Crippen molar-refractivity contribution in [2.45, 2.75) is 51.4 Å². The van der Waals surface area contributed by atoms with Gasteiger partial charge in [0.1, 0.15) is 22.8 Å². The van der Waals surface area contributed by atoms with Gasteiger partial charge in [-0.05, 0) is 49.9 Å². The maximum Gasteiger partial charge on any atom is 0.352 e. The highest BCUT2D eigenvalue weighted by Gasteiger charge is 2.13. The Labute approximate surface area is 263 Å². The smallest absolute Gasteiger partial charge is 0.352 e. The monoisotopic (exact) mass is 644 g/mol. The number of rotatable bonds is 19. The van der Waals surface area contributed by atoms with Gasteiger partial charge >= 0.3 is 11.9 Å². The van der Waals surface area contributed by atoms with E-state index in [4.69, 9.17) is 21.7 Å². The van der Waals surface area contributed by atoms with Crippen LogP contribution in [0.1, 0.15) is 93.3 Å². The van der Waals surface area contributed by atoms with Gasteiger partial charge in [-0.2, -0.15) is 0 Å². The van der Waals surface area contributed by atoms with E-state index in [2.05, 4.69) is 41.2 Å². The predicted molar refractivity (Wildman–Crippen MR) is 166 cm³/mol. The second-order valence-corrected chi connectivity index (χ2v) is 9.95. The van der Waals surface area contributed by atoms with Gasteiger partial charge in [0.05, 0.1) is 0 Å². The molecule has 0 aliphatic rings. The number of carboxylic acid groups (broad SMARTS) is 2. The summed E-state index contributed by atoms with van der Waals surface area (Å²) in [5, 5.41) is 28.0. The summed E-state index contributed by atoms with van der Waals surface area (Å²) in [4.78, 5) is 82.7. The van der Waals surface area contributed by atoms with Gasteiger partial charge < -0.3 is 42.3 Å². The van der Waals surface area contributed by atoms with Crippen LogP contribution in [0.15, 0.2) is 34.3 Å². The van der Waals surface area contributed by atoms with Crippen LogP contribution in [0, 0.1) is 0 Å². The number of hydrogen-bond acceptors (Lipinski definition) is 8. The number of aromatic amines is 2. The second-order valence-electron chi connectivity index (χ2n) is 9.95. The first-order valence-corrected chi connectivity index (χ1v) is 14.6. The van der Waals surface area contributed by atoms with E-state index in [1.165, 1.54) is 24.3 Å². The molecule has 0 atom stereocenters. The Morgan fingerprint density at radius 1 is 0.587 bits per heavy atom. The van der Waals surface area contributed by atoms with Crippen molar-refractivity contribution in [3.63, 3.8) is 0 Å². The molecule has 0 aliphatic heterocycles. The molecule has 250 valence electrons. The molecule has 18 nitrogen and oxygen atoms in total. The number of carbonyl (C=O) groups is 6. The van der Waals surface area contributed by atoms with Crippen molar-refractivity contribution in [1.82, 2.24) is 31.2 Å². The third-order valence-corrected chi connectivity index (χ3v) is 6.26. The quantitative estimate of drug-likeness (QED) is 0.0549. The number of hydrogen-bond donors (Lipinski definition) is 10. The Morgan fingerprint density at radius 2 is 0.957 bits per heavy atom. The lowest BCUT2D eigenvalue weighted by molar-refractivity contribution is -0.123. The summed E-state index contributed by atoms with van der Waals surface area (Å²) in [6, 6.07) is 5.18. The first kappa shape index (κ1) is 36.5. The molecular weight excluding hydrogens is 604 g/mol. The van der Waals surface area contributed by atoms with Gasteiger partial charge in [0.15, 0.2) is 11.9 Å². The fourth-order valence-electron chi connectivity index (χ4n) is 3.88. The van der Waals surface area contributed by atoms with Crippen LogP contribution < -0.4 is 32.7 Å². The number of nitrogens with zero attached hydrogens (tertiary/aromatic N) is 2. The van der Waals surface area contributed by atoms with Crippen LogP contribution in [0.2, 0.25) is 0 Å². The Hall–Kier alpha value is -5.68. The zero-order valence-electron chi connectivity index (χ0n) is 25.2. The molecule has 2 rings (SSSR count). The molecule has 2 heterocycles. The van der Waals surface area contributed by atoms with E-state index in [0.29, 0.717) is 77.5 Å². The van der Waals surface area contributed by atoms with E-state index in [1.54, 1.807) is 0 Å². The van der Waals surface area contributed by atoms with Crippen molar-refractivity contribution < 1.29 is 39.0 Å². The van der Waals surface area contributed by atoms with Crippen LogP contribution in [-0.2, 0) is 9.59 Å². The van der Waals surface area contributed by atoms with E-state index in [0.717, 1.165) is 0 Å². The molecule has 46 heavy (non-hydrogen) atoms. The van der Waals surface area contributed by atoms with Crippen LogP contribution in [-0.4, -0.2) is 93.8 Å². The number of aliphatic imine (C=N–C) groups is 2. The normalized spacial score (nSPS) is 11.5. The number of H-pyrrole nitrogens is 2. The summed E-state index contributed by atoms with van der Waals surface area (Å²) in [7, 11) is 0. The van der Waals surface area contributed by atoms with E-state index in [1.807, 2.05) is 0 Å². The lowest BCUT2D eigenvalue weighted by Gasteiger charge is -2.07. The number of guanidine groups is 2. The highest BCUT2D eigenvalue weighted by molar-refractivity contribution is 6.05. The lowest BCUT2D eigenvalue weighted by atomic mass is 10.2. The molecule has 0 bridgehead atoms. The number of nitrogens with two attached hydrogens (primary N) is 2. The summed E-state index contributed by atoms with van der Waals surface area (Å²) in [6.07, 6.45) is 4.60. The third kappa shape index (κ3) is 14.2. The Kier molecular flexibility index (Phi) is 15.5. The average Bonchev–Trinajstić information content (AvgIpc) is 3.70. The van der Waals surface area contributed by atoms with Crippen LogP contribution >= 0.6 is 0 Å². The van der Waals surface area contributed by atoms with Crippen molar-refractivity contribution in [2.75, 3.05) is 26.2 Å². The van der Waals surface area contributed by atoms with E-state index in [-0.39, 0.29) is 46.5 Å². The summed E-state index contributed by atoms with van der Waals surface area (Å²) >= 11 is 0. The molecule has 2 aromatic rings. The number of aromatic carboxylic acids is 2. The molecule has 4 amide bonds. The number of amides is 4. The van der Waals surface area contributed by atoms with Crippen molar-refractivity contribution in [2.24, 2.45) is 21.5 Å². The minimum absolute atomic E-state index is 0.0441. The van der Waals surface area contributed by atoms with Crippen LogP contribution in [0.25, 0.3) is 0 Å². The number of unbranched alkanes of at least 4 members (excludes halogenated alkanes) is 4. The first-order valence-electron chi connectivity index (χ1n) is 14.6. The number of nitrogens with one attached hydrogen (secondary N) is 6. The fourth-order valence-corrected chi connectivity index (χ4v) is 3.88. The zero-order valence-corrected chi connectivity index (χ0v) is 25.2. The lowest BCUT2D eigenvalue weighted by Crippen LogP contribution is -2.37. The molecule has 0 radical (unpaired) electrons. The van der Waals surface area contributed by atoms with Gasteiger partial charge in [-0.15, -0.1) is 0 Å². The summed E-state index contributed by atoms with van der Waals surface area (Å²) in [6.45, 7) is 1.30. The van der Waals surface area contributed by atoms with E-state index >= 15 is 0 Å². The number of carbonyl (C=O) groups excluding carboxylic acids is 4. The standard InChI is InChI=1S/C28H40N10O8/c29-27(37-23(41)17-9-11-19(35-17)25(43)44)33-13-5-1-3-7-21(39)31-15-16-32-22(40)8-4-2-6-14-34-28(30)38-24(42)18-10-12-20(36-18)26(45)46/h9-12,35-36H,1-8,13-16H2,(H,31,39)(H,32,40)(H,43,44)(H,45,46)(H3,29,33,37,41)(H3,30,34,38,42). The summed E-state index contributed by atoms with van der Waals surface area (Å²) in [5.41, 5.74) is 11.2. The maximum absolute atomic E-state index is 12.0. The summed E-state index contributed by atoms with van der Waals surface area (Å²) < 4.78 is 0. The molecule has 0 fully saturated rings. The molecule has 2 aromatic heterocycles. The SMILES string of the molecule is NC(=NCCCCCC(=O)NCCNC(=O)CCCCCN=C(N)NC(=O)c1ccc(C(=O)O)[nH]1)NC(=O)c1ccc(C(=O)O)[nH]1. The van der Waals surface area contributed by atoms with Crippen LogP contribution in [0.3, 0.4) is 0 Å². The number of aromatic nitrogens is 2. The Balaban J connectivity index is 1.44. The van der Waals surface area contributed by atoms with Gasteiger partial charge in [-0.3, -0.25) is 39.8 Å². The van der Waals surface area contributed by atoms with Crippen LogP contribution in [0.5, 0.6) is 0 Å². The van der Waals surface area contributed by atoms with Gasteiger partial charge in [0, 0.05) is 39.0 Å². The van der Waals surface area contributed by atoms with E-state index < -0.39 is 23.8 Å². The zero-order chi connectivity index (χ0) is 33.9. The Morgan fingerprint density at radius 3 is 1.30 bits per heavy atom. The third-order valence-electron chi connectivity index (χ3n) is 6.26. The summed E-state index contributed by atoms with van der Waals surface area (Å²) in [5.74, 6) is -4.04. The van der Waals surface area contributed by atoms with Gasteiger partial charge in [0.25, 0.3) is 11.8 Å². The molecule has 18 heteroatoms. The van der Waals surface area contributed by atoms with E-state index in [9.17, 15) is 28.8 Å². The van der Waals surface area contributed by atoms with Gasteiger partial charge in [-0.1, -0.05) is 12.8 Å². The molecule has 0 aliphatic carbocycles. The van der Waals surface area contributed by atoms with Gasteiger partial charge in [0.2, 0.25) is 11.8 Å². The molecule has 0 aromatic carbocycles. The van der Waals surface area contributed by atoms with Crippen molar-refractivity contribution >= 4 is 47.5 Å². The molecule has 0 spiro atoms. The second kappa shape index (κ2) is 19.6. The maximum atomic E-state index is 12.0. The highest BCUT2D eigenvalue weighted by Crippen LogP contribution is 2.04. The van der Waals surface area contributed by atoms with Gasteiger partial charge in [-0.25, -0.2) is 9.59 Å². The highest BCUT2D eigenvalue weighted by atomic mass is 16.4. The predicted octanol–water partition coefficient (Wildman–Crippen LogP) is -0.118. The fraction of sp³-hybridized carbons (Fsp3) is 0.429. The Bertz CT molecular complexity index is 1320. The molecule has 0 saturated carbocycles. The van der Waals surface area contributed by atoms with Crippen molar-refractivity contribution in [1.29, 1.82) is 0 Å². The first-order chi connectivity index (χ1) is 22.0. The number of carboxylic acids is 2. The minimum atomic E-state index is -1.19. The van der Waals surface area contributed by atoms with Crippen LogP contribution in [0.4, 0.5) is 0 Å². The molecule has 0 unspecified atom stereocenters. The van der Waals surface area contributed by atoms with Crippen molar-refractivity contribution in [3.8, 4) is 0 Å². The largest absolute Gasteiger partial charge is 0.477 e. The topological polar surface area (TPSA) is 299 Å². The average molecular weight is 645 g/mol. The minimum Gasteiger partial charge on any atom is -0.477 e. The molecule has 12 N–H and O–H groups in total. The van der Waals surface area contributed by atoms with Crippen molar-refractivity contribution in [3.05, 3.63) is 47.0 Å².